The summed E-state index contributed by atoms with van der Waals surface area (Å²) in [6, 6.07) is -0.606. The largest absolute Gasteiger partial charge is 0.452 e. The van der Waals surface area contributed by atoms with E-state index >= 15 is 0 Å². The number of rotatable bonds is 3. The van der Waals surface area contributed by atoms with Crippen LogP contribution < -0.4 is 10.6 Å². The summed E-state index contributed by atoms with van der Waals surface area (Å²) in [7, 11) is 0. The predicted octanol–water partition coefficient (Wildman–Crippen LogP) is 2.65. The number of ether oxygens (including phenoxy) is 1. The Balaban J connectivity index is 1.85. The van der Waals surface area contributed by atoms with Gasteiger partial charge in [-0.25, -0.2) is 9.59 Å². The molecule has 0 bridgehead atoms. The molecular formula is C17H24N2O4S. The van der Waals surface area contributed by atoms with Gasteiger partial charge in [0.2, 0.25) is 0 Å². The van der Waals surface area contributed by atoms with Gasteiger partial charge in [0, 0.05) is 15.8 Å². The van der Waals surface area contributed by atoms with E-state index in [-0.39, 0.29) is 0 Å². The molecule has 1 aliphatic rings. The number of hydrogen-bond donors (Lipinski definition) is 2. The van der Waals surface area contributed by atoms with Crippen molar-refractivity contribution in [3.63, 3.8) is 0 Å². The van der Waals surface area contributed by atoms with Crippen molar-refractivity contribution in [1.29, 1.82) is 0 Å². The van der Waals surface area contributed by atoms with Crippen LogP contribution in [0.3, 0.4) is 0 Å². The monoisotopic (exact) mass is 352 g/mol. The minimum atomic E-state index is -0.650. The smallest absolute Gasteiger partial charge is 0.339 e. The molecule has 0 radical (unpaired) electrons. The zero-order valence-electron chi connectivity index (χ0n) is 14.5. The Morgan fingerprint density at radius 3 is 2.71 bits per heavy atom. The number of amides is 3. The van der Waals surface area contributed by atoms with E-state index in [4.69, 9.17) is 4.74 Å². The van der Waals surface area contributed by atoms with Gasteiger partial charge in [0.1, 0.15) is 0 Å². The zero-order chi connectivity index (χ0) is 17.9. The first-order chi connectivity index (χ1) is 11.2. The molecule has 0 aromatic carbocycles. The van der Waals surface area contributed by atoms with E-state index < -0.39 is 30.1 Å². The van der Waals surface area contributed by atoms with E-state index in [0.29, 0.717) is 11.5 Å². The van der Waals surface area contributed by atoms with Gasteiger partial charge in [-0.05, 0) is 51.5 Å². The number of esters is 1. The van der Waals surface area contributed by atoms with E-state index in [2.05, 4.69) is 17.6 Å². The second-order valence-corrected chi connectivity index (χ2v) is 8.19. The molecule has 24 heavy (non-hydrogen) atoms. The average Bonchev–Trinajstić information content (AvgIpc) is 2.85. The highest BCUT2D eigenvalue weighted by Crippen LogP contribution is 2.33. The summed E-state index contributed by atoms with van der Waals surface area (Å²) in [5.41, 5.74) is 1.15. The molecule has 1 atom stereocenters. The maximum absolute atomic E-state index is 12.2. The van der Waals surface area contributed by atoms with Gasteiger partial charge in [-0.1, -0.05) is 6.92 Å². The molecule has 0 saturated carbocycles. The molecular weight excluding hydrogens is 328 g/mol. The van der Waals surface area contributed by atoms with Crippen LogP contribution in [-0.4, -0.2) is 30.1 Å². The minimum absolute atomic E-state index is 0.450. The third-order valence-electron chi connectivity index (χ3n) is 3.70. The standard InChI is InChI=1S/C17H24N2O4S/c1-10-5-6-11-12(9-24-13(11)7-10)15(21)23-8-14(20)18-16(22)19-17(2,3)4/h9-10H,5-8H2,1-4H3,(H2,18,19,20,22). The Kier molecular flexibility index (Phi) is 5.64. The quantitative estimate of drug-likeness (QED) is 0.819. The Morgan fingerprint density at radius 1 is 1.33 bits per heavy atom. The lowest BCUT2D eigenvalue weighted by Crippen LogP contribution is -2.49. The van der Waals surface area contributed by atoms with Gasteiger partial charge in [-0.2, -0.15) is 0 Å². The summed E-state index contributed by atoms with van der Waals surface area (Å²) < 4.78 is 5.05. The Morgan fingerprint density at radius 2 is 2.04 bits per heavy atom. The summed E-state index contributed by atoms with van der Waals surface area (Å²) in [6.45, 7) is 7.14. The van der Waals surface area contributed by atoms with E-state index in [1.54, 1.807) is 37.5 Å². The summed E-state index contributed by atoms with van der Waals surface area (Å²) in [6.07, 6.45) is 2.91. The van der Waals surface area contributed by atoms with Crippen molar-refractivity contribution in [3.05, 3.63) is 21.4 Å². The highest BCUT2D eigenvalue weighted by Gasteiger charge is 2.24. The van der Waals surface area contributed by atoms with E-state index in [1.807, 2.05) is 0 Å². The topological polar surface area (TPSA) is 84.5 Å². The second kappa shape index (κ2) is 7.34. The molecule has 7 heteroatoms. The van der Waals surface area contributed by atoms with Gasteiger partial charge in [0.05, 0.1) is 5.56 Å². The van der Waals surface area contributed by atoms with E-state index in [0.717, 1.165) is 24.8 Å². The number of carbonyl (C=O) groups is 3. The molecule has 1 unspecified atom stereocenters. The summed E-state index contributed by atoms with van der Waals surface area (Å²) in [5, 5.41) is 6.54. The molecule has 0 aliphatic heterocycles. The van der Waals surface area contributed by atoms with Gasteiger partial charge in [-0.3, -0.25) is 10.1 Å². The lowest BCUT2D eigenvalue weighted by Gasteiger charge is -2.20. The summed E-state index contributed by atoms with van der Waals surface area (Å²) in [5.74, 6) is -0.525. The lowest BCUT2D eigenvalue weighted by molar-refractivity contribution is -0.123. The molecule has 1 aromatic heterocycles. The first-order valence-corrected chi connectivity index (χ1v) is 8.92. The Bertz CT molecular complexity index is 646. The first kappa shape index (κ1) is 18.4. The maximum atomic E-state index is 12.2. The number of carbonyl (C=O) groups excluding carboxylic acids is 3. The van der Waals surface area contributed by atoms with Crippen LogP contribution in [0.1, 0.15) is 54.9 Å². The molecule has 3 amide bonds. The van der Waals surface area contributed by atoms with Gasteiger partial charge in [0.25, 0.3) is 5.91 Å². The van der Waals surface area contributed by atoms with Crippen molar-refractivity contribution < 1.29 is 19.1 Å². The minimum Gasteiger partial charge on any atom is -0.452 e. The summed E-state index contributed by atoms with van der Waals surface area (Å²) in [4.78, 5) is 36.7. The molecule has 0 spiro atoms. The highest BCUT2D eigenvalue weighted by molar-refractivity contribution is 7.10. The van der Waals surface area contributed by atoms with Crippen molar-refractivity contribution in [2.24, 2.45) is 5.92 Å². The van der Waals surface area contributed by atoms with Crippen molar-refractivity contribution >= 4 is 29.2 Å². The maximum Gasteiger partial charge on any atom is 0.339 e. The number of fused-ring (bicyclic) bond motifs is 1. The summed E-state index contributed by atoms with van der Waals surface area (Å²) >= 11 is 1.57. The third-order valence-corrected chi connectivity index (χ3v) is 4.75. The van der Waals surface area contributed by atoms with Gasteiger partial charge in [0.15, 0.2) is 6.61 Å². The van der Waals surface area contributed by atoms with Crippen molar-refractivity contribution in [2.45, 2.75) is 52.5 Å². The molecule has 2 N–H and O–H groups in total. The molecule has 2 rings (SSSR count). The van der Waals surface area contributed by atoms with E-state index in [9.17, 15) is 14.4 Å². The van der Waals surface area contributed by atoms with Crippen LogP contribution in [0.2, 0.25) is 0 Å². The van der Waals surface area contributed by atoms with Gasteiger partial charge >= 0.3 is 12.0 Å². The lowest BCUT2D eigenvalue weighted by atomic mass is 9.88. The van der Waals surface area contributed by atoms with Crippen molar-refractivity contribution in [1.82, 2.24) is 10.6 Å². The Labute approximate surface area is 146 Å². The van der Waals surface area contributed by atoms with Gasteiger partial charge in [-0.15, -0.1) is 11.3 Å². The van der Waals surface area contributed by atoms with E-state index in [1.165, 1.54) is 4.88 Å². The van der Waals surface area contributed by atoms with Gasteiger partial charge < -0.3 is 10.1 Å². The molecule has 1 aliphatic carbocycles. The van der Waals surface area contributed by atoms with Crippen LogP contribution in [0.15, 0.2) is 5.38 Å². The van der Waals surface area contributed by atoms with Crippen LogP contribution in [0, 0.1) is 5.92 Å². The second-order valence-electron chi connectivity index (χ2n) is 7.23. The number of nitrogens with one attached hydrogen (secondary N) is 2. The first-order valence-electron chi connectivity index (χ1n) is 8.04. The number of hydrogen-bond acceptors (Lipinski definition) is 5. The van der Waals surface area contributed by atoms with Crippen LogP contribution in [0.4, 0.5) is 4.79 Å². The third kappa shape index (κ3) is 5.06. The van der Waals surface area contributed by atoms with Crippen LogP contribution >= 0.6 is 11.3 Å². The molecule has 1 heterocycles. The molecule has 132 valence electrons. The molecule has 1 aromatic rings. The average molecular weight is 352 g/mol. The molecule has 0 fully saturated rings. The number of thiophene rings is 1. The fourth-order valence-electron chi connectivity index (χ4n) is 2.59. The van der Waals surface area contributed by atoms with Crippen molar-refractivity contribution in [2.75, 3.05) is 6.61 Å². The fraction of sp³-hybridized carbons (Fsp3) is 0.588. The van der Waals surface area contributed by atoms with Crippen LogP contribution in [0.25, 0.3) is 0 Å². The fourth-order valence-corrected chi connectivity index (χ4v) is 3.83. The van der Waals surface area contributed by atoms with Crippen molar-refractivity contribution in [3.8, 4) is 0 Å². The van der Waals surface area contributed by atoms with Crippen LogP contribution in [-0.2, 0) is 22.4 Å². The molecule has 0 saturated heterocycles. The predicted molar refractivity (Wildman–Crippen MR) is 92.2 cm³/mol. The molecule has 6 nitrogen and oxygen atoms in total. The zero-order valence-corrected chi connectivity index (χ0v) is 15.3. The van der Waals surface area contributed by atoms with Crippen LogP contribution in [0.5, 0.6) is 0 Å². The highest BCUT2D eigenvalue weighted by atomic mass is 32.1. The Hall–Kier alpha value is -1.89. The number of imide groups is 1. The normalized spacial score (nSPS) is 16.9. The SMILES string of the molecule is CC1CCc2c(C(=O)OCC(=O)NC(=O)NC(C)(C)C)csc2C1. The number of urea groups is 1.